The van der Waals surface area contributed by atoms with E-state index in [1.807, 2.05) is 0 Å². The maximum atomic E-state index is 10.7. The molecule has 0 unspecified atom stereocenters. The van der Waals surface area contributed by atoms with Gasteiger partial charge in [-0.15, -0.1) is 0 Å². The monoisotopic (exact) mass is 183 g/mol. The molecule has 0 spiro atoms. The molecule has 1 N–H and O–H groups in total. The molecule has 0 heterocycles. The summed E-state index contributed by atoms with van der Waals surface area (Å²) in [5.41, 5.74) is 8.21. The molecular weight excluding hydrogens is 170 g/mol. The van der Waals surface area contributed by atoms with Crippen molar-refractivity contribution in [1.29, 1.82) is 0 Å². The van der Waals surface area contributed by atoms with E-state index in [9.17, 15) is 4.79 Å². The molecule has 0 radical (unpaired) electrons. The predicted molar refractivity (Wildman–Crippen MR) is 47.1 cm³/mol. The van der Waals surface area contributed by atoms with Gasteiger partial charge in [0.25, 0.3) is 0 Å². The molecule has 0 aromatic heterocycles. The van der Waals surface area contributed by atoms with Crippen molar-refractivity contribution in [3.63, 3.8) is 0 Å². The van der Waals surface area contributed by atoms with E-state index >= 15 is 0 Å². The van der Waals surface area contributed by atoms with Crippen LogP contribution in [0.3, 0.4) is 0 Å². The van der Waals surface area contributed by atoms with E-state index in [-0.39, 0.29) is 5.92 Å². The molecular formula is C8H13N3O2. The van der Waals surface area contributed by atoms with Gasteiger partial charge in [0, 0.05) is 4.91 Å². The van der Waals surface area contributed by atoms with Gasteiger partial charge in [-0.2, -0.15) is 0 Å². The molecule has 1 aliphatic rings. The highest BCUT2D eigenvalue weighted by molar-refractivity contribution is 5.74. The van der Waals surface area contributed by atoms with Crippen LogP contribution in [-0.2, 0) is 4.79 Å². The van der Waals surface area contributed by atoms with E-state index in [1.165, 1.54) is 6.42 Å². The van der Waals surface area contributed by atoms with Crippen LogP contribution in [0.2, 0.25) is 0 Å². The number of hydrogen-bond acceptors (Lipinski definition) is 2. The zero-order valence-electron chi connectivity index (χ0n) is 7.39. The van der Waals surface area contributed by atoms with E-state index in [0.29, 0.717) is 0 Å². The number of carboxylic acids is 1. The second-order valence-corrected chi connectivity index (χ2v) is 3.39. The van der Waals surface area contributed by atoms with Crippen LogP contribution in [0.25, 0.3) is 10.4 Å². The zero-order chi connectivity index (χ0) is 9.68. The van der Waals surface area contributed by atoms with Gasteiger partial charge in [0.2, 0.25) is 0 Å². The Balaban J connectivity index is 2.62. The van der Waals surface area contributed by atoms with Gasteiger partial charge in [0.15, 0.2) is 0 Å². The fourth-order valence-electron chi connectivity index (χ4n) is 1.85. The molecule has 5 heteroatoms. The Hall–Kier alpha value is -1.22. The van der Waals surface area contributed by atoms with Gasteiger partial charge in [-0.05, 0) is 24.3 Å². The lowest BCUT2D eigenvalue weighted by atomic mass is 9.84. The average molecular weight is 183 g/mol. The molecule has 1 aliphatic carbocycles. The van der Waals surface area contributed by atoms with Crippen molar-refractivity contribution in [2.24, 2.45) is 11.0 Å². The Bertz CT molecular complexity index is 228. The minimum absolute atomic E-state index is 0.0437. The van der Waals surface area contributed by atoms with Crippen LogP contribution in [0.4, 0.5) is 0 Å². The fourth-order valence-corrected chi connectivity index (χ4v) is 1.85. The molecule has 0 aromatic carbocycles. The Labute approximate surface area is 76.4 Å². The molecule has 72 valence electrons. The first-order chi connectivity index (χ1) is 6.25. The van der Waals surface area contributed by atoms with Gasteiger partial charge >= 0.3 is 5.97 Å². The van der Waals surface area contributed by atoms with Crippen molar-refractivity contribution in [1.82, 2.24) is 0 Å². The first-order valence-electron chi connectivity index (χ1n) is 4.52. The van der Waals surface area contributed by atoms with E-state index in [1.54, 1.807) is 0 Å². The summed E-state index contributed by atoms with van der Waals surface area (Å²) >= 11 is 0. The highest BCUT2D eigenvalue weighted by Crippen LogP contribution is 2.28. The second-order valence-electron chi connectivity index (χ2n) is 3.39. The molecule has 0 bridgehead atoms. The lowest BCUT2D eigenvalue weighted by Gasteiger charge is -2.24. The molecule has 5 nitrogen and oxygen atoms in total. The number of hydrogen-bond donors (Lipinski definition) is 1. The van der Waals surface area contributed by atoms with Crippen LogP contribution >= 0.6 is 0 Å². The van der Waals surface area contributed by atoms with E-state index in [4.69, 9.17) is 10.6 Å². The Morgan fingerprint density at radius 3 is 2.54 bits per heavy atom. The van der Waals surface area contributed by atoms with Gasteiger partial charge in [0.1, 0.15) is 6.04 Å². The highest BCUT2D eigenvalue weighted by Gasteiger charge is 2.27. The number of nitrogens with zero attached hydrogens (tertiary/aromatic N) is 3. The number of azide groups is 1. The van der Waals surface area contributed by atoms with Crippen LogP contribution in [0.5, 0.6) is 0 Å². The molecule has 1 saturated carbocycles. The summed E-state index contributed by atoms with van der Waals surface area (Å²) in [6.07, 6.45) is 5.01. The maximum absolute atomic E-state index is 10.7. The summed E-state index contributed by atoms with van der Waals surface area (Å²) in [7, 11) is 0. The number of aliphatic carboxylic acids is 1. The molecule has 1 atom stereocenters. The lowest BCUT2D eigenvalue weighted by Crippen LogP contribution is -2.28. The SMILES string of the molecule is [N-]=[N+]=N[C@H](C(=O)O)C1CCCCC1. The van der Waals surface area contributed by atoms with Gasteiger partial charge in [-0.25, -0.2) is 0 Å². The number of carboxylic acid groups (broad SMARTS) is 1. The summed E-state index contributed by atoms with van der Waals surface area (Å²) in [6, 6.07) is -0.856. The van der Waals surface area contributed by atoms with Crippen molar-refractivity contribution < 1.29 is 9.90 Å². The molecule has 1 fully saturated rings. The van der Waals surface area contributed by atoms with Crippen molar-refractivity contribution in [2.45, 2.75) is 38.1 Å². The molecule has 0 saturated heterocycles. The van der Waals surface area contributed by atoms with Gasteiger partial charge < -0.3 is 5.11 Å². The summed E-state index contributed by atoms with van der Waals surface area (Å²) in [5, 5.41) is 12.1. The third-order valence-electron chi connectivity index (χ3n) is 2.53. The standard InChI is InChI=1S/C8H13N3O2/c9-11-10-7(8(12)13)6-4-2-1-3-5-6/h6-7H,1-5H2,(H,12,13)/t7-/m0/s1. The second kappa shape index (κ2) is 4.72. The van der Waals surface area contributed by atoms with Crippen molar-refractivity contribution in [3.05, 3.63) is 10.4 Å². The van der Waals surface area contributed by atoms with E-state index in [0.717, 1.165) is 25.7 Å². The van der Waals surface area contributed by atoms with Gasteiger partial charge in [0.05, 0.1) is 0 Å². The number of carbonyl (C=O) groups is 1. The van der Waals surface area contributed by atoms with Crippen molar-refractivity contribution >= 4 is 5.97 Å². The van der Waals surface area contributed by atoms with E-state index in [2.05, 4.69) is 10.0 Å². The fraction of sp³-hybridized carbons (Fsp3) is 0.875. The van der Waals surface area contributed by atoms with Crippen molar-refractivity contribution in [3.8, 4) is 0 Å². The Morgan fingerprint density at radius 2 is 2.08 bits per heavy atom. The Morgan fingerprint density at radius 1 is 1.46 bits per heavy atom. The largest absolute Gasteiger partial charge is 0.481 e. The predicted octanol–water partition coefficient (Wildman–Crippen LogP) is 2.33. The third-order valence-corrected chi connectivity index (χ3v) is 2.53. The summed E-state index contributed by atoms with van der Waals surface area (Å²) in [6.45, 7) is 0. The van der Waals surface area contributed by atoms with Gasteiger partial charge in [-0.3, -0.25) is 4.79 Å². The molecule has 1 rings (SSSR count). The molecule has 0 aliphatic heterocycles. The summed E-state index contributed by atoms with van der Waals surface area (Å²) < 4.78 is 0. The number of rotatable bonds is 3. The van der Waals surface area contributed by atoms with E-state index < -0.39 is 12.0 Å². The van der Waals surface area contributed by atoms with Crippen LogP contribution in [0.1, 0.15) is 32.1 Å². The van der Waals surface area contributed by atoms with Crippen molar-refractivity contribution in [2.75, 3.05) is 0 Å². The zero-order valence-corrected chi connectivity index (χ0v) is 7.39. The summed E-state index contributed by atoms with van der Waals surface area (Å²) in [4.78, 5) is 13.3. The van der Waals surface area contributed by atoms with Crippen LogP contribution in [-0.4, -0.2) is 17.1 Å². The first kappa shape index (κ1) is 9.86. The summed E-state index contributed by atoms with van der Waals surface area (Å²) in [5.74, 6) is -0.952. The molecule has 0 aromatic rings. The molecule has 13 heavy (non-hydrogen) atoms. The van der Waals surface area contributed by atoms with Crippen LogP contribution in [0, 0.1) is 5.92 Å². The first-order valence-corrected chi connectivity index (χ1v) is 4.52. The average Bonchev–Trinajstić information content (AvgIpc) is 2.15. The minimum Gasteiger partial charge on any atom is -0.481 e. The van der Waals surface area contributed by atoms with Crippen LogP contribution < -0.4 is 0 Å². The minimum atomic E-state index is -0.996. The Kier molecular flexibility index (Phi) is 3.58. The third kappa shape index (κ3) is 2.63. The quantitative estimate of drug-likeness (QED) is 0.413. The van der Waals surface area contributed by atoms with Gasteiger partial charge in [-0.1, -0.05) is 24.4 Å². The highest BCUT2D eigenvalue weighted by atomic mass is 16.4. The normalized spacial score (nSPS) is 20.3. The smallest absolute Gasteiger partial charge is 0.312 e. The lowest BCUT2D eigenvalue weighted by molar-refractivity contribution is -0.140. The molecule has 0 amide bonds. The topological polar surface area (TPSA) is 86.1 Å². The maximum Gasteiger partial charge on any atom is 0.312 e. The van der Waals surface area contributed by atoms with Crippen LogP contribution in [0.15, 0.2) is 5.11 Å².